The Hall–Kier alpha value is -4.20. The number of aliphatic hydroxyl groups excluding tert-OH is 2. The van der Waals surface area contributed by atoms with Crippen LogP contribution >= 0.6 is 0 Å². The highest BCUT2D eigenvalue weighted by molar-refractivity contribution is 6.04. The second-order valence-electron chi connectivity index (χ2n) is 11.4. The van der Waals surface area contributed by atoms with Crippen molar-refractivity contribution in [2.24, 2.45) is 0 Å². The number of rotatable bonds is 10. The number of anilines is 1. The lowest BCUT2D eigenvalue weighted by Gasteiger charge is -2.39. The number of benzene rings is 4. The van der Waals surface area contributed by atoms with Gasteiger partial charge in [0.1, 0.15) is 5.56 Å². The van der Waals surface area contributed by atoms with E-state index < -0.39 is 59.1 Å². The molecule has 1 aliphatic heterocycles. The number of ether oxygens (including phenoxy) is 2. The smallest absolute Gasteiger partial charge is 0.261 e. The molecular formula is C35H33F5N2O5. The number of carbonyl (C=O) groups is 1. The molecule has 0 aliphatic carbocycles. The number of carbonyl (C=O) groups excluding carboxylic acids is 1. The summed E-state index contributed by atoms with van der Waals surface area (Å²) in [7, 11) is 1.89. The second kappa shape index (κ2) is 14.7. The molecule has 0 unspecified atom stereocenters. The lowest BCUT2D eigenvalue weighted by atomic mass is 9.98. The van der Waals surface area contributed by atoms with E-state index >= 15 is 0 Å². The van der Waals surface area contributed by atoms with E-state index in [0.717, 1.165) is 16.7 Å². The van der Waals surface area contributed by atoms with Crippen LogP contribution in [-0.4, -0.2) is 46.8 Å². The van der Waals surface area contributed by atoms with Crippen LogP contribution in [0.1, 0.15) is 64.5 Å². The van der Waals surface area contributed by atoms with E-state index in [2.05, 4.69) is 5.32 Å². The van der Waals surface area contributed by atoms with Crippen LogP contribution in [0.15, 0.2) is 78.9 Å². The zero-order valence-corrected chi connectivity index (χ0v) is 25.5. The summed E-state index contributed by atoms with van der Waals surface area (Å²) in [5.41, 5.74) is 1.33. The molecule has 0 radical (unpaired) electrons. The number of hydrogen-bond acceptors (Lipinski definition) is 6. The molecule has 1 saturated heterocycles. The van der Waals surface area contributed by atoms with Gasteiger partial charge in [-0.05, 0) is 42.8 Å². The Morgan fingerprint density at radius 2 is 1.43 bits per heavy atom. The topological polar surface area (TPSA) is 91.3 Å². The van der Waals surface area contributed by atoms with E-state index in [-0.39, 0.29) is 24.4 Å². The van der Waals surface area contributed by atoms with Crippen LogP contribution in [-0.2, 0) is 16.1 Å². The average molecular weight is 657 g/mol. The molecule has 5 rings (SSSR count). The predicted molar refractivity (Wildman–Crippen MR) is 163 cm³/mol. The van der Waals surface area contributed by atoms with Crippen molar-refractivity contribution in [3.8, 4) is 0 Å². The summed E-state index contributed by atoms with van der Waals surface area (Å²) >= 11 is 0. The molecule has 1 fully saturated rings. The van der Waals surface area contributed by atoms with Crippen molar-refractivity contribution in [1.82, 2.24) is 4.90 Å². The Morgan fingerprint density at radius 3 is 2.02 bits per heavy atom. The van der Waals surface area contributed by atoms with E-state index in [0.29, 0.717) is 18.5 Å². The number of amides is 1. The van der Waals surface area contributed by atoms with E-state index in [4.69, 9.17) is 9.47 Å². The van der Waals surface area contributed by atoms with Gasteiger partial charge in [0.05, 0.1) is 24.9 Å². The van der Waals surface area contributed by atoms with Crippen molar-refractivity contribution in [3.05, 3.63) is 136 Å². The zero-order valence-electron chi connectivity index (χ0n) is 25.5. The van der Waals surface area contributed by atoms with E-state index in [9.17, 15) is 37.0 Å². The molecule has 248 valence electrons. The van der Waals surface area contributed by atoms with E-state index in [1.165, 1.54) is 12.1 Å². The maximum absolute atomic E-state index is 14.1. The van der Waals surface area contributed by atoms with Crippen LogP contribution in [0.4, 0.5) is 27.6 Å². The maximum atomic E-state index is 14.1. The Labute approximate surface area is 268 Å². The van der Waals surface area contributed by atoms with Gasteiger partial charge in [0.25, 0.3) is 5.91 Å². The maximum Gasteiger partial charge on any atom is 0.261 e. The number of hydrogen-bond donors (Lipinski definition) is 3. The first kappa shape index (κ1) is 34.1. The number of nitrogens with one attached hydrogen (secondary N) is 1. The van der Waals surface area contributed by atoms with Gasteiger partial charge < -0.3 is 25.0 Å². The fourth-order valence-electron chi connectivity index (χ4n) is 5.41. The van der Waals surface area contributed by atoms with Gasteiger partial charge in [-0.15, -0.1) is 0 Å². The molecule has 4 aromatic rings. The van der Waals surface area contributed by atoms with Gasteiger partial charge in [-0.2, -0.15) is 0 Å². The van der Waals surface area contributed by atoms with Crippen molar-refractivity contribution in [2.45, 2.75) is 50.6 Å². The third kappa shape index (κ3) is 7.53. The highest BCUT2D eigenvalue weighted by Crippen LogP contribution is 2.39. The van der Waals surface area contributed by atoms with Crippen LogP contribution in [0, 0.1) is 29.1 Å². The third-order valence-corrected chi connectivity index (χ3v) is 8.28. The Morgan fingerprint density at radius 1 is 0.851 bits per heavy atom. The molecule has 0 spiro atoms. The van der Waals surface area contributed by atoms with Gasteiger partial charge >= 0.3 is 0 Å². The fourth-order valence-corrected chi connectivity index (χ4v) is 5.41. The van der Waals surface area contributed by atoms with Crippen molar-refractivity contribution >= 4 is 11.6 Å². The van der Waals surface area contributed by atoms with Gasteiger partial charge in [-0.1, -0.05) is 66.7 Å². The van der Waals surface area contributed by atoms with Crippen LogP contribution in [0.5, 0.6) is 0 Å². The first-order valence-corrected chi connectivity index (χ1v) is 14.8. The van der Waals surface area contributed by atoms with Crippen molar-refractivity contribution in [3.63, 3.8) is 0 Å². The molecule has 3 N–H and O–H groups in total. The molecule has 5 atom stereocenters. The third-order valence-electron chi connectivity index (χ3n) is 8.28. The number of halogens is 5. The SMILES string of the molecule is C[C@H]([C@@H](O)c1ccccc1)N(C)C[C@@H]1C[C@H](c2ccc(CO)cc2)O[C@H](c2ccc(NC(=O)c3c(F)c(F)c(F)c(F)c3F)cc2)O1. The summed E-state index contributed by atoms with van der Waals surface area (Å²) in [6.07, 6.45) is -1.93. The van der Waals surface area contributed by atoms with Crippen LogP contribution < -0.4 is 5.32 Å². The highest BCUT2D eigenvalue weighted by atomic mass is 19.2. The summed E-state index contributed by atoms with van der Waals surface area (Å²) in [6.45, 7) is 2.24. The Bertz CT molecular complexity index is 1660. The van der Waals surface area contributed by atoms with Crippen molar-refractivity contribution < 1.29 is 46.4 Å². The molecule has 1 amide bonds. The quantitative estimate of drug-likeness (QED) is 0.0998. The van der Waals surface area contributed by atoms with Crippen molar-refractivity contribution in [1.29, 1.82) is 0 Å². The van der Waals surface area contributed by atoms with Gasteiger partial charge in [0.2, 0.25) is 5.82 Å². The molecular weight excluding hydrogens is 623 g/mol. The predicted octanol–water partition coefficient (Wildman–Crippen LogP) is 6.73. The Balaban J connectivity index is 1.34. The molecule has 4 aromatic carbocycles. The fraction of sp³-hybridized carbons (Fsp3) is 0.286. The van der Waals surface area contributed by atoms with Gasteiger partial charge in [-0.25, -0.2) is 22.0 Å². The molecule has 0 bridgehead atoms. The zero-order chi connectivity index (χ0) is 33.8. The summed E-state index contributed by atoms with van der Waals surface area (Å²) < 4.78 is 81.6. The van der Waals surface area contributed by atoms with E-state index in [1.807, 2.05) is 61.3 Å². The van der Waals surface area contributed by atoms with Gasteiger partial charge in [0, 0.05) is 30.3 Å². The first-order valence-electron chi connectivity index (χ1n) is 14.8. The molecule has 12 heteroatoms. The van der Waals surface area contributed by atoms with E-state index in [1.54, 1.807) is 24.3 Å². The normalized spacial score (nSPS) is 19.4. The summed E-state index contributed by atoms with van der Waals surface area (Å²) in [4.78, 5) is 14.5. The standard InChI is InChI=1S/C35H33F5N2O5/c1-19(33(44)22-6-4-3-5-7-22)42(2)17-25-16-26(21-10-8-20(18-43)9-11-21)47-35(46-25)23-12-14-24(15-13-23)41-34(45)27-28(36)30(38)32(40)31(39)29(27)37/h3-15,19,25-26,33,35,43-44H,16-18H2,1-2H3,(H,41,45)/t19-,25+,26-,33-,35-/m1/s1. The van der Waals surface area contributed by atoms with Crippen molar-refractivity contribution in [2.75, 3.05) is 18.9 Å². The molecule has 0 saturated carbocycles. The number of aliphatic hydroxyl groups is 2. The average Bonchev–Trinajstić information content (AvgIpc) is 3.09. The number of nitrogens with zero attached hydrogens (tertiary/aromatic N) is 1. The van der Waals surface area contributed by atoms with Gasteiger partial charge in [0.15, 0.2) is 29.6 Å². The molecule has 1 aliphatic rings. The number of likely N-dealkylation sites (N-methyl/N-ethyl adjacent to an activating group) is 1. The molecule has 0 aromatic heterocycles. The lowest BCUT2D eigenvalue weighted by Crippen LogP contribution is -2.43. The summed E-state index contributed by atoms with van der Waals surface area (Å²) in [5.74, 6) is -12.8. The minimum Gasteiger partial charge on any atom is -0.392 e. The first-order chi connectivity index (χ1) is 22.5. The Kier molecular flexibility index (Phi) is 10.7. The minimum atomic E-state index is -2.36. The molecule has 47 heavy (non-hydrogen) atoms. The second-order valence-corrected chi connectivity index (χ2v) is 11.4. The summed E-state index contributed by atoms with van der Waals surface area (Å²) in [5, 5.41) is 22.6. The highest BCUT2D eigenvalue weighted by Gasteiger charge is 2.34. The lowest BCUT2D eigenvalue weighted by molar-refractivity contribution is -0.253. The van der Waals surface area contributed by atoms with Gasteiger partial charge in [-0.3, -0.25) is 9.69 Å². The molecule has 7 nitrogen and oxygen atoms in total. The minimum absolute atomic E-state index is 0.0228. The monoisotopic (exact) mass is 656 g/mol. The van der Waals surface area contributed by atoms with Crippen LogP contribution in [0.3, 0.4) is 0 Å². The largest absolute Gasteiger partial charge is 0.392 e. The summed E-state index contributed by atoms with van der Waals surface area (Å²) in [6, 6.07) is 22.2. The van der Waals surface area contributed by atoms with Crippen LogP contribution in [0.2, 0.25) is 0 Å². The molecule has 1 heterocycles. The van der Waals surface area contributed by atoms with Crippen LogP contribution in [0.25, 0.3) is 0 Å².